The summed E-state index contributed by atoms with van der Waals surface area (Å²) in [7, 11) is 0. The van der Waals surface area contributed by atoms with Gasteiger partial charge in [0.2, 0.25) is 11.7 Å². The molecule has 0 unspecified atom stereocenters. The second-order valence-corrected chi connectivity index (χ2v) is 8.55. The number of likely N-dealkylation sites (tertiary alicyclic amines) is 1. The van der Waals surface area contributed by atoms with Gasteiger partial charge in [-0.1, -0.05) is 35.0 Å². The summed E-state index contributed by atoms with van der Waals surface area (Å²) < 4.78 is 5.51. The Kier molecular flexibility index (Phi) is 5.42. The van der Waals surface area contributed by atoms with Crippen LogP contribution in [0.1, 0.15) is 53.2 Å². The summed E-state index contributed by atoms with van der Waals surface area (Å²) in [6.45, 7) is 7.90. The molecular weight excluding hydrogens is 370 g/mol. The Morgan fingerprint density at radius 3 is 2.71 bits per heavy atom. The van der Waals surface area contributed by atoms with E-state index in [1.54, 1.807) is 11.3 Å². The first kappa shape index (κ1) is 19.0. The first-order valence-electron chi connectivity index (χ1n) is 9.76. The largest absolute Gasteiger partial charge is 0.337 e. The van der Waals surface area contributed by atoms with Crippen LogP contribution in [0.25, 0.3) is 10.7 Å². The van der Waals surface area contributed by atoms with E-state index in [1.165, 1.54) is 5.56 Å². The number of hydrogen-bond donors (Lipinski definition) is 0. The van der Waals surface area contributed by atoms with Crippen LogP contribution in [0.3, 0.4) is 0 Å². The molecule has 1 aliphatic rings. The van der Waals surface area contributed by atoms with Crippen LogP contribution in [-0.4, -0.2) is 33.9 Å². The molecule has 0 bridgehead atoms. The average Bonchev–Trinajstić information content (AvgIpc) is 3.39. The Morgan fingerprint density at radius 2 is 2.04 bits per heavy atom. The van der Waals surface area contributed by atoms with E-state index in [2.05, 4.69) is 35.0 Å². The van der Waals surface area contributed by atoms with Crippen LogP contribution in [0.5, 0.6) is 0 Å². The highest BCUT2D eigenvalue weighted by Gasteiger charge is 2.30. The van der Waals surface area contributed by atoms with Gasteiger partial charge in [-0.2, -0.15) is 4.98 Å². The molecule has 4 rings (SSSR count). The molecule has 1 saturated heterocycles. The number of benzene rings is 1. The van der Waals surface area contributed by atoms with E-state index in [4.69, 9.17) is 4.52 Å². The van der Waals surface area contributed by atoms with Gasteiger partial charge in [0.1, 0.15) is 0 Å². The van der Waals surface area contributed by atoms with Gasteiger partial charge in [0, 0.05) is 11.5 Å². The highest BCUT2D eigenvalue weighted by molar-refractivity contribution is 7.13. The summed E-state index contributed by atoms with van der Waals surface area (Å²) in [4.78, 5) is 20.9. The molecule has 5 nitrogen and oxygen atoms in total. The van der Waals surface area contributed by atoms with Crippen molar-refractivity contribution in [1.82, 2.24) is 15.0 Å². The van der Waals surface area contributed by atoms with E-state index in [1.807, 2.05) is 36.6 Å². The van der Waals surface area contributed by atoms with Crippen molar-refractivity contribution in [3.63, 3.8) is 0 Å². The van der Waals surface area contributed by atoms with Crippen LogP contribution in [0.4, 0.5) is 0 Å². The van der Waals surface area contributed by atoms with Crippen LogP contribution >= 0.6 is 11.3 Å². The van der Waals surface area contributed by atoms with E-state index in [0.717, 1.165) is 41.9 Å². The maximum absolute atomic E-state index is 13.0. The molecule has 3 aromatic rings. The zero-order valence-corrected chi connectivity index (χ0v) is 17.3. The van der Waals surface area contributed by atoms with E-state index in [0.29, 0.717) is 11.7 Å². The molecule has 0 amide bonds. The lowest BCUT2D eigenvalue weighted by Crippen LogP contribution is -2.38. The number of rotatable bonds is 5. The molecule has 3 heterocycles. The first-order chi connectivity index (χ1) is 13.5. The Balaban J connectivity index is 1.39. The minimum absolute atomic E-state index is 0.0541. The molecule has 2 aromatic heterocycles. The van der Waals surface area contributed by atoms with Gasteiger partial charge < -0.3 is 4.52 Å². The Bertz CT molecular complexity index is 956. The van der Waals surface area contributed by atoms with Gasteiger partial charge in [0.05, 0.1) is 10.9 Å². The number of piperidine rings is 1. The van der Waals surface area contributed by atoms with Crippen molar-refractivity contribution < 1.29 is 9.32 Å². The Hall–Kier alpha value is -2.31. The molecule has 146 valence electrons. The second-order valence-electron chi connectivity index (χ2n) is 7.60. The molecule has 6 heteroatoms. The standard InChI is InChI=1S/C22H25N3O2S/c1-14-6-7-18(15(2)13-14)20(26)17-8-10-25(11-9-17)16(3)22-23-21(24-27-22)19-5-4-12-28-19/h4-7,12-13,16-17H,8-11H2,1-3H3/t16-/m1/s1. The van der Waals surface area contributed by atoms with Crippen LogP contribution in [0, 0.1) is 19.8 Å². The fourth-order valence-corrected chi connectivity index (χ4v) is 4.58. The number of Topliss-reactive ketones (excluding diaryl/α,β-unsaturated/α-hetero) is 1. The summed E-state index contributed by atoms with van der Waals surface area (Å²) >= 11 is 1.60. The smallest absolute Gasteiger partial charge is 0.244 e. The first-order valence-corrected chi connectivity index (χ1v) is 10.6. The fourth-order valence-electron chi connectivity index (χ4n) is 3.93. The highest BCUT2D eigenvalue weighted by atomic mass is 32.1. The number of thiophene rings is 1. The minimum Gasteiger partial charge on any atom is -0.337 e. The summed E-state index contributed by atoms with van der Waals surface area (Å²) in [6, 6.07) is 10.1. The molecule has 28 heavy (non-hydrogen) atoms. The number of nitrogens with zero attached hydrogens (tertiary/aromatic N) is 3. The van der Waals surface area contributed by atoms with Crippen molar-refractivity contribution in [3.8, 4) is 10.7 Å². The van der Waals surface area contributed by atoms with Gasteiger partial charge in [0.15, 0.2) is 5.78 Å². The van der Waals surface area contributed by atoms with Crippen LogP contribution in [-0.2, 0) is 0 Å². The molecule has 1 atom stereocenters. The minimum atomic E-state index is 0.0541. The van der Waals surface area contributed by atoms with Crippen molar-refractivity contribution in [3.05, 3.63) is 58.3 Å². The number of ketones is 1. The SMILES string of the molecule is Cc1ccc(C(=O)C2CCN([C@H](C)c3nc(-c4cccs4)no3)CC2)c(C)c1. The van der Waals surface area contributed by atoms with Gasteiger partial charge in [-0.15, -0.1) is 11.3 Å². The maximum atomic E-state index is 13.0. The zero-order chi connectivity index (χ0) is 19.7. The van der Waals surface area contributed by atoms with Gasteiger partial charge >= 0.3 is 0 Å². The molecule has 1 aliphatic heterocycles. The summed E-state index contributed by atoms with van der Waals surface area (Å²) in [5.41, 5.74) is 3.14. The monoisotopic (exact) mass is 395 g/mol. The van der Waals surface area contributed by atoms with Crippen molar-refractivity contribution in [2.75, 3.05) is 13.1 Å². The van der Waals surface area contributed by atoms with Crippen molar-refractivity contribution in [1.29, 1.82) is 0 Å². The fraction of sp³-hybridized carbons (Fsp3) is 0.409. The summed E-state index contributed by atoms with van der Waals surface area (Å²) in [6.07, 6.45) is 1.73. The third-order valence-electron chi connectivity index (χ3n) is 5.64. The predicted molar refractivity (Wildman–Crippen MR) is 111 cm³/mol. The average molecular weight is 396 g/mol. The lowest BCUT2D eigenvalue weighted by Gasteiger charge is -2.34. The predicted octanol–water partition coefficient (Wildman–Crippen LogP) is 5.07. The number of aryl methyl sites for hydroxylation is 2. The van der Waals surface area contributed by atoms with E-state index in [9.17, 15) is 4.79 Å². The quantitative estimate of drug-likeness (QED) is 0.565. The van der Waals surface area contributed by atoms with Crippen molar-refractivity contribution >= 4 is 17.1 Å². The second kappa shape index (κ2) is 7.97. The van der Waals surface area contributed by atoms with E-state index < -0.39 is 0 Å². The molecule has 1 fully saturated rings. The molecule has 0 aliphatic carbocycles. The molecule has 0 N–H and O–H groups in total. The van der Waals surface area contributed by atoms with Gasteiger partial charge in [-0.25, -0.2) is 0 Å². The number of hydrogen-bond acceptors (Lipinski definition) is 6. The third kappa shape index (κ3) is 3.80. The van der Waals surface area contributed by atoms with Crippen molar-refractivity contribution in [2.45, 2.75) is 39.7 Å². The highest BCUT2D eigenvalue weighted by Crippen LogP contribution is 2.30. The summed E-state index contributed by atoms with van der Waals surface area (Å²) in [5, 5.41) is 6.12. The van der Waals surface area contributed by atoms with Gasteiger partial charge in [0.25, 0.3) is 0 Å². The zero-order valence-electron chi connectivity index (χ0n) is 16.5. The number of aromatic nitrogens is 2. The number of carbonyl (C=O) groups is 1. The topological polar surface area (TPSA) is 59.2 Å². The summed E-state index contributed by atoms with van der Waals surface area (Å²) in [5.74, 6) is 1.66. The molecule has 1 aromatic carbocycles. The van der Waals surface area contributed by atoms with Crippen LogP contribution in [0.15, 0.2) is 40.2 Å². The van der Waals surface area contributed by atoms with Crippen molar-refractivity contribution in [2.24, 2.45) is 5.92 Å². The van der Waals surface area contributed by atoms with Gasteiger partial charge in [-0.05, 0) is 63.7 Å². The normalized spacial score (nSPS) is 17.0. The Labute approximate surface area is 169 Å². The molecule has 0 radical (unpaired) electrons. The van der Waals surface area contributed by atoms with Gasteiger partial charge in [-0.3, -0.25) is 9.69 Å². The van der Waals surface area contributed by atoms with Crippen LogP contribution < -0.4 is 0 Å². The number of carbonyl (C=O) groups excluding carboxylic acids is 1. The molecule has 0 saturated carbocycles. The maximum Gasteiger partial charge on any atom is 0.244 e. The van der Waals surface area contributed by atoms with E-state index >= 15 is 0 Å². The third-order valence-corrected chi connectivity index (χ3v) is 6.50. The lowest BCUT2D eigenvalue weighted by atomic mass is 9.86. The lowest BCUT2D eigenvalue weighted by molar-refractivity contribution is 0.0774. The van der Waals surface area contributed by atoms with Crippen LogP contribution in [0.2, 0.25) is 0 Å². The van der Waals surface area contributed by atoms with E-state index in [-0.39, 0.29) is 17.7 Å². The molecular formula is C22H25N3O2S. The molecule has 0 spiro atoms. The Morgan fingerprint density at radius 1 is 1.25 bits per heavy atom.